The smallest absolute Gasteiger partial charge is 0.339 e. The maximum absolute atomic E-state index is 11.6. The summed E-state index contributed by atoms with van der Waals surface area (Å²) in [4.78, 5) is 25.7. The van der Waals surface area contributed by atoms with Crippen LogP contribution in [0.4, 0.5) is 5.69 Å². The number of benzene rings is 1. The van der Waals surface area contributed by atoms with Gasteiger partial charge in [0.1, 0.15) is 11.5 Å². The fourth-order valence-electron chi connectivity index (χ4n) is 1.70. The van der Waals surface area contributed by atoms with E-state index in [4.69, 9.17) is 16.3 Å². The van der Waals surface area contributed by atoms with E-state index >= 15 is 0 Å². The van der Waals surface area contributed by atoms with Crippen LogP contribution in [0.5, 0.6) is 11.5 Å². The molecule has 0 bridgehead atoms. The molecular formula is C14H11ClN2O5. The normalized spacial score (nSPS) is 10.1. The molecule has 0 atom stereocenters. The van der Waals surface area contributed by atoms with Crippen LogP contribution in [-0.2, 0) is 4.74 Å². The van der Waals surface area contributed by atoms with Gasteiger partial charge in [0, 0.05) is 12.1 Å². The summed E-state index contributed by atoms with van der Waals surface area (Å²) in [6, 6.07) is 5.29. The van der Waals surface area contributed by atoms with Crippen LogP contribution in [0.3, 0.4) is 0 Å². The number of carbonyl (C=O) groups is 1. The van der Waals surface area contributed by atoms with E-state index in [0.29, 0.717) is 5.69 Å². The third-order valence-electron chi connectivity index (χ3n) is 2.82. The highest BCUT2D eigenvalue weighted by Gasteiger charge is 2.14. The number of nitro benzene ring substituents is 1. The van der Waals surface area contributed by atoms with Crippen molar-refractivity contribution in [3.8, 4) is 11.5 Å². The minimum absolute atomic E-state index is 0.0781. The molecule has 0 radical (unpaired) electrons. The Kier molecular flexibility index (Phi) is 4.57. The van der Waals surface area contributed by atoms with Crippen LogP contribution in [-0.4, -0.2) is 23.0 Å². The van der Waals surface area contributed by atoms with Crippen LogP contribution in [0.15, 0.2) is 30.5 Å². The summed E-state index contributed by atoms with van der Waals surface area (Å²) in [5, 5.41) is 10.7. The number of ether oxygens (including phenoxy) is 2. The lowest BCUT2D eigenvalue weighted by Gasteiger charge is -2.09. The molecule has 1 aromatic heterocycles. The average molecular weight is 323 g/mol. The first-order valence-corrected chi connectivity index (χ1v) is 6.47. The zero-order chi connectivity index (χ0) is 16.3. The SMILES string of the molecule is COC(=O)c1cc(Oc2ccc([N+](=O)[O-])cc2Cl)cnc1C. The number of rotatable bonds is 4. The Morgan fingerprint density at radius 3 is 2.68 bits per heavy atom. The Balaban J connectivity index is 2.31. The van der Waals surface area contributed by atoms with Crippen molar-refractivity contribution in [1.29, 1.82) is 0 Å². The molecule has 0 fully saturated rings. The van der Waals surface area contributed by atoms with Gasteiger partial charge in [0.2, 0.25) is 0 Å². The summed E-state index contributed by atoms with van der Waals surface area (Å²) in [6.07, 6.45) is 1.42. The van der Waals surface area contributed by atoms with Crippen molar-refractivity contribution in [1.82, 2.24) is 4.98 Å². The number of aromatic nitrogens is 1. The highest BCUT2D eigenvalue weighted by atomic mass is 35.5. The van der Waals surface area contributed by atoms with E-state index in [0.717, 1.165) is 0 Å². The summed E-state index contributed by atoms with van der Waals surface area (Å²) >= 11 is 5.94. The molecule has 22 heavy (non-hydrogen) atoms. The molecule has 8 heteroatoms. The van der Waals surface area contributed by atoms with Crippen LogP contribution >= 0.6 is 11.6 Å². The lowest BCUT2D eigenvalue weighted by atomic mass is 10.2. The van der Waals surface area contributed by atoms with Gasteiger partial charge in [-0.25, -0.2) is 4.79 Å². The fourth-order valence-corrected chi connectivity index (χ4v) is 1.91. The minimum atomic E-state index is -0.557. The number of halogens is 1. The Morgan fingerprint density at radius 1 is 1.36 bits per heavy atom. The van der Waals surface area contributed by atoms with Gasteiger partial charge in [0.05, 0.1) is 34.5 Å². The number of hydrogen-bond donors (Lipinski definition) is 0. The summed E-state index contributed by atoms with van der Waals surface area (Å²) < 4.78 is 10.2. The molecule has 0 aliphatic rings. The number of aryl methyl sites for hydroxylation is 1. The van der Waals surface area contributed by atoms with Gasteiger partial charge in [-0.15, -0.1) is 0 Å². The number of hydrogen-bond acceptors (Lipinski definition) is 6. The van der Waals surface area contributed by atoms with Crippen molar-refractivity contribution in [3.05, 3.63) is 56.9 Å². The first-order valence-electron chi connectivity index (χ1n) is 6.09. The van der Waals surface area contributed by atoms with E-state index < -0.39 is 10.9 Å². The predicted molar refractivity (Wildman–Crippen MR) is 78.5 cm³/mol. The Morgan fingerprint density at radius 2 is 2.09 bits per heavy atom. The predicted octanol–water partition coefficient (Wildman–Crippen LogP) is 3.53. The highest BCUT2D eigenvalue weighted by molar-refractivity contribution is 6.32. The number of nitrogens with zero attached hydrogens (tertiary/aromatic N) is 2. The number of methoxy groups -OCH3 is 1. The van der Waals surface area contributed by atoms with Gasteiger partial charge >= 0.3 is 5.97 Å². The molecule has 0 aliphatic carbocycles. The lowest BCUT2D eigenvalue weighted by Crippen LogP contribution is -2.05. The number of pyridine rings is 1. The van der Waals surface area contributed by atoms with Gasteiger partial charge in [-0.1, -0.05) is 11.6 Å². The number of esters is 1. The third-order valence-corrected chi connectivity index (χ3v) is 3.12. The van der Waals surface area contributed by atoms with E-state index in [2.05, 4.69) is 9.72 Å². The molecule has 2 rings (SSSR count). The van der Waals surface area contributed by atoms with Gasteiger partial charge in [-0.05, 0) is 19.1 Å². The van der Waals surface area contributed by atoms with Crippen LogP contribution in [0, 0.1) is 17.0 Å². The Labute approximate surface area is 130 Å². The Hall–Kier alpha value is -2.67. The molecule has 0 unspecified atom stereocenters. The van der Waals surface area contributed by atoms with Gasteiger partial charge in [0.25, 0.3) is 5.69 Å². The molecule has 1 aromatic carbocycles. The van der Waals surface area contributed by atoms with Crippen molar-refractivity contribution in [2.24, 2.45) is 0 Å². The molecule has 0 saturated carbocycles. The van der Waals surface area contributed by atoms with Gasteiger partial charge in [0.15, 0.2) is 0 Å². The van der Waals surface area contributed by atoms with Crippen LogP contribution in [0.1, 0.15) is 16.1 Å². The average Bonchev–Trinajstić information content (AvgIpc) is 2.50. The largest absolute Gasteiger partial charge is 0.465 e. The number of nitro groups is 1. The molecule has 114 valence electrons. The van der Waals surface area contributed by atoms with E-state index in [1.165, 1.54) is 37.6 Å². The van der Waals surface area contributed by atoms with E-state index in [-0.39, 0.29) is 27.8 Å². The second-order valence-electron chi connectivity index (χ2n) is 4.27. The zero-order valence-corrected chi connectivity index (χ0v) is 12.5. The second-order valence-corrected chi connectivity index (χ2v) is 4.68. The zero-order valence-electron chi connectivity index (χ0n) is 11.7. The van der Waals surface area contributed by atoms with Crippen molar-refractivity contribution < 1.29 is 19.2 Å². The molecule has 7 nitrogen and oxygen atoms in total. The van der Waals surface area contributed by atoms with Crippen molar-refractivity contribution in [3.63, 3.8) is 0 Å². The molecule has 2 aromatic rings. The maximum atomic E-state index is 11.6. The lowest BCUT2D eigenvalue weighted by molar-refractivity contribution is -0.384. The number of carbonyl (C=O) groups excluding carboxylic acids is 1. The van der Waals surface area contributed by atoms with Crippen molar-refractivity contribution >= 4 is 23.3 Å². The van der Waals surface area contributed by atoms with Crippen molar-refractivity contribution in [2.45, 2.75) is 6.92 Å². The second kappa shape index (κ2) is 6.40. The van der Waals surface area contributed by atoms with Gasteiger partial charge in [-0.3, -0.25) is 15.1 Å². The minimum Gasteiger partial charge on any atom is -0.465 e. The van der Waals surface area contributed by atoms with E-state index in [9.17, 15) is 14.9 Å². The topological polar surface area (TPSA) is 91.6 Å². The molecule has 0 saturated heterocycles. The molecule has 0 amide bonds. The summed E-state index contributed by atoms with van der Waals surface area (Å²) in [5.41, 5.74) is 0.613. The first-order chi connectivity index (χ1) is 10.4. The summed E-state index contributed by atoms with van der Waals surface area (Å²) in [5.74, 6) is -0.0549. The Bertz CT molecular complexity index is 748. The molecule has 0 spiro atoms. The van der Waals surface area contributed by atoms with E-state index in [1.807, 2.05) is 0 Å². The van der Waals surface area contributed by atoms with Crippen LogP contribution < -0.4 is 4.74 Å². The maximum Gasteiger partial charge on any atom is 0.339 e. The quantitative estimate of drug-likeness (QED) is 0.485. The monoisotopic (exact) mass is 322 g/mol. The van der Waals surface area contributed by atoms with E-state index in [1.54, 1.807) is 6.92 Å². The molecule has 0 aliphatic heterocycles. The third kappa shape index (κ3) is 3.32. The molecule has 1 heterocycles. The fraction of sp³-hybridized carbons (Fsp3) is 0.143. The van der Waals surface area contributed by atoms with Crippen molar-refractivity contribution in [2.75, 3.05) is 7.11 Å². The summed E-state index contributed by atoms with van der Waals surface area (Å²) in [7, 11) is 1.27. The van der Waals surface area contributed by atoms with Crippen LogP contribution in [0.2, 0.25) is 5.02 Å². The highest BCUT2D eigenvalue weighted by Crippen LogP contribution is 2.32. The standard InChI is InChI=1S/C14H11ClN2O5/c1-8-11(14(18)21-2)6-10(7-16-8)22-13-4-3-9(17(19)20)5-12(13)15/h3-7H,1-2H3. The van der Waals surface area contributed by atoms with Gasteiger partial charge < -0.3 is 9.47 Å². The van der Waals surface area contributed by atoms with Crippen LogP contribution in [0.25, 0.3) is 0 Å². The van der Waals surface area contributed by atoms with Gasteiger partial charge in [-0.2, -0.15) is 0 Å². The molecule has 0 N–H and O–H groups in total. The first kappa shape index (κ1) is 15.7. The summed E-state index contributed by atoms with van der Waals surface area (Å²) in [6.45, 7) is 1.66. The number of non-ortho nitro benzene ring substituents is 1. The molecular weight excluding hydrogens is 312 g/mol.